The smallest absolute Gasteiger partial charge is 0.223 e. The van der Waals surface area contributed by atoms with Gasteiger partial charge in [0.15, 0.2) is 0 Å². The molecule has 0 spiro atoms. The molecule has 0 aliphatic carbocycles. The Bertz CT molecular complexity index is 642. The molecule has 24 heavy (non-hydrogen) atoms. The lowest BCUT2D eigenvalue weighted by atomic mass is 10.0. The molecular weight excluding hydrogens is 372 g/mol. The molecule has 1 aliphatic rings. The van der Waals surface area contributed by atoms with Crippen molar-refractivity contribution >= 4 is 42.1 Å². The van der Waals surface area contributed by atoms with Gasteiger partial charge in [-0.2, -0.15) is 0 Å². The van der Waals surface area contributed by atoms with Crippen LogP contribution in [-0.2, 0) is 11.2 Å². The number of rotatable bonds is 4. The number of piperazine rings is 1. The molecule has 3 rings (SSSR count). The maximum absolute atomic E-state index is 13.5. The van der Waals surface area contributed by atoms with Gasteiger partial charge in [0.25, 0.3) is 0 Å². The zero-order valence-electron chi connectivity index (χ0n) is 13.0. The van der Waals surface area contributed by atoms with Crippen LogP contribution in [0.3, 0.4) is 0 Å². The van der Waals surface area contributed by atoms with Gasteiger partial charge in [-0.1, -0.05) is 12.1 Å². The highest BCUT2D eigenvalue weighted by Gasteiger charge is 2.27. The predicted octanol–water partition coefficient (Wildman–Crippen LogP) is 3.23. The topological polar surface area (TPSA) is 45.2 Å². The molecule has 0 saturated carbocycles. The minimum Gasteiger partial charge on any atom is -0.333 e. The average Bonchev–Trinajstić information content (AvgIpc) is 3.06. The Morgan fingerprint density at radius 1 is 1.42 bits per heavy atom. The van der Waals surface area contributed by atoms with Crippen molar-refractivity contribution in [3.05, 3.63) is 52.2 Å². The van der Waals surface area contributed by atoms with Crippen LogP contribution in [0.4, 0.5) is 4.39 Å². The molecule has 2 aromatic rings. The number of carbonyl (C=O) groups excluding carboxylic acids is 1. The van der Waals surface area contributed by atoms with Gasteiger partial charge in [0, 0.05) is 31.4 Å². The van der Waals surface area contributed by atoms with Crippen molar-refractivity contribution in [3.63, 3.8) is 0 Å². The third-order valence-corrected chi connectivity index (χ3v) is 4.51. The van der Waals surface area contributed by atoms with Crippen molar-refractivity contribution in [2.45, 2.75) is 18.9 Å². The largest absolute Gasteiger partial charge is 0.333 e. The number of hydrogen-bond acceptors (Lipinski definition) is 4. The Labute approximate surface area is 157 Å². The van der Waals surface area contributed by atoms with Crippen LogP contribution < -0.4 is 5.32 Å². The molecule has 2 heterocycles. The number of benzene rings is 1. The van der Waals surface area contributed by atoms with E-state index in [0.717, 1.165) is 17.8 Å². The Hall–Kier alpha value is -1.21. The summed E-state index contributed by atoms with van der Waals surface area (Å²) in [5.41, 5.74) is 3.57. The van der Waals surface area contributed by atoms with Gasteiger partial charge >= 0.3 is 0 Å². The number of amides is 1. The molecule has 1 aromatic carbocycles. The maximum Gasteiger partial charge on any atom is 0.223 e. The van der Waals surface area contributed by atoms with E-state index in [1.54, 1.807) is 11.6 Å². The van der Waals surface area contributed by atoms with E-state index >= 15 is 0 Å². The summed E-state index contributed by atoms with van der Waals surface area (Å²) < 4.78 is 13.5. The third kappa shape index (κ3) is 5.14. The lowest BCUT2D eigenvalue weighted by Crippen LogP contribution is -2.48. The molecule has 132 valence electrons. The SMILES string of the molecule is Cl.Cl.O=C(CCc1cscn1)N1CCNCC1c1cccc(F)c1. The van der Waals surface area contributed by atoms with E-state index in [2.05, 4.69) is 10.3 Å². The van der Waals surface area contributed by atoms with E-state index < -0.39 is 0 Å². The normalized spacial score (nSPS) is 16.9. The lowest BCUT2D eigenvalue weighted by Gasteiger charge is -2.36. The van der Waals surface area contributed by atoms with Gasteiger partial charge in [-0.3, -0.25) is 4.79 Å². The monoisotopic (exact) mass is 391 g/mol. The molecule has 1 saturated heterocycles. The second-order valence-corrected chi connectivity index (χ2v) is 6.06. The van der Waals surface area contributed by atoms with Gasteiger partial charge in [-0.25, -0.2) is 9.37 Å². The molecule has 0 radical (unpaired) electrons. The van der Waals surface area contributed by atoms with Gasteiger partial charge in [0.05, 0.1) is 17.2 Å². The number of halogens is 3. The van der Waals surface area contributed by atoms with E-state index in [1.807, 2.05) is 16.3 Å². The van der Waals surface area contributed by atoms with Crippen molar-refractivity contribution < 1.29 is 9.18 Å². The maximum atomic E-state index is 13.5. The molecule has 1 atom stereocenters. The molecule has 1 aromatic heterocycles. The molecule has 1 amide bonds. The Kier molecular flexibility index (Phi) is 8.62. The van der Waals surface area contributed by atoms with Crippen LogP contribution in [0, 0.1) is 5.82 Å². The van der Waals surface area contributed by atoms with Crippen LogP contribution in [0.15, 0.2) is 35.2 Å². The quantitative estimate of drug-likeness (QED) is 0.869. The van der Waals surface area contributed by atoms with Crippen molar-refractivity contribution in [2.24, 2.45) is 0 Å². The van der Waals surface area contributed by atoms with Crippen molar-refractivity contribution in [3.8, 4) is 0 Å². The number of aromatic nitrogens is 1. The highest BCUT2D eigenvalue weighted by Crippen LogP contribution is 2.24. The fourth-order valence-corrected chi connectivity index (χ4v) is 3.35. The van der Waals surface area contributed by atoms with E-state index in [-0.39, 0.29) is 42.6 Å². The van der Waals surface area contributed by atoms with Crippen LogP contribution in [0.25, 0.3) is 0 Å². The summed E-state index contributed by atoms with van der Waals surface area (Å²) in [6.07, 6.45) is 1.09. The molecule has 8 heteroatoms. The minimum atomic E-state index is -0.266. The third-order valence-electron chi connectivity index (χ3n) is 3.88. The van der Waals surface area contributed by atoms with Crippen molar-refractivity contribution in [2.75, 3.05) is 19.6 Å². The molecule has 1 unspecified atom stereocenters. The van der Waals surface area contributed by atoms with Crippen LogP contribution in [0.5, 0.6) is 0 Å². The first-order valence-electron chi connectivity index (χ1n) is 7.37. The fraction of sp³-hybridized carbons (Fsp3) is 0.375. The standard InChI is InChI=1S/C16H18FN3OS.2ClH/c17-13-3-1-2-12(8-13)15-9-18-6-7-20(15)16(21)5-4-14-10-22-11-19-14;;/h1-3,8,10-11,15,18H,4-7,9H2;2*1H. The van der Waals surface area contributed by atoms with E-state index in [1.165, 1.54) is 23.5 Å². The average molecular weight is 392 g/mol. The molecule has 1 N–H and O–H groups in total. The Balaban J connectivity index is 0.00000144. The van der Waals surface area contributed by atoms with Crippen molar-refractivity contribution in [1.29, 1.82) is 0 Å². The first-order valence-corrected chi connectivity index (χ1v) is 8.31. The second-order valence-electron chi connectivity index (χ2n) is 5.34. The number of aryl methyl sites for hydroxylation is 1. The van der Waals surface area contributed by atoms with Gasteiger partial charge in [-0.05, 0) is 24.1 Å². The molecule has 1 fully saturated rings. The summed E-state index contributed by atoms with van der Waals surface area (Å²) >= 11 is 1.54. The highest BCUT2D eigenvalue weighted by molar-refractivity contribution is 7.07. The van der Waals surface area contributed by atoms with E-state index in [4.69, 9.17) is 0 Å². The van der Waals surface area contributed by atoms with Crippen LogP contribution in [0.1, 0.15) is 23.7 Å². The predicted molar refractivity (Wildman–Crippen MR) is 98.7 cm³/mol. The van der Waals surface area contributed by atoms with E-state index in [9.17, 15) is 9.18 Å². The summed E-state index contributed by atoms with van der Waals surface area (Å²) in [7, 11) is 0. The molecule has 4 nitrogen and oxygen atoms in total. The summed E-state index contributed by atoms with van der Waals surface area (Å²) in [6.45, 7) is 2.08. The minimum absolute atomic E-state index is 0. The van der Waals surface area contributed by atoms with Crippen LogP contribution in [0.2, 0.25) is 0 Å². The van der Waals surface area contributed by atoms with Gasteiger partial charge < -0.3 is 10.2 Å². The first-order chi connectivity index (χ1) is 10.7. The number of nitrogens with zero attached hydrogens (tertiary/aromatic N) is 2. The second kappa shape index (κ2) is 9.93. The number of thiazole rings is 1. The Morgan fingerprint density at radius 2 is 2.25 bits per heavy atom. The van der Waals surface area contributed by atoms with Gasteiger partial charge in [0.2, 0.25) is 5.91 Å². The van der Waals surface area contributed by atoms with Gasteiger partial charge in [0.1, 0.15) is 5.82 Å². The van der Waals surface area contributed by atoms with Crippen LogP contribution in [-0.4, -0.2) is 35.4 Å². The molecular formula is C16H20Cl2FN3OS. The van der Waals surface area contributed by atoms with Crippen LogP contribution >= 0.6 is 36.2 Å². The number of hydrogen-bond donors (Lipinski definition) is 1. The molecule has 1 aliphatic heterocycles. The zero-order chi connectivity index (χ0) is 15.4. The molecule has 0 bridgehead atoms. The van der Waals surface area contributed by atoms with Crippen molar-refractivity contribution in [1.82, 2.24) is 15.2 Å². The highest BCUT2D eigenvalue weighted by atomic mass is 35.5. The summed E-state index contributed by atoms with van der Waals surface area (Å²) in [5.74, 6) is -0.165. The number of nitrogens with one attached hydrogen (secondary N) is 1. The first kappa shape index (κ1) is 20.8. The zero-order valence-corrected chi connectivity index (χ0v) is 15.4. The summed E-state index contributed by atoms with van der Waals surface area (Å²) in [5, 5.41) is 5.25. The summed E-state index contributed by atoms with van der Waals surface area (Å²) in [4.78, 5) is 18.6. The number of carbonyl (C=O) groups is 1. The van der Waals surface area contributed by atoms with Gasteiger partial charge in [-0.15, -0.1) is 36.2 Å². The Morgan fingerprint density at radius 3 is 2.96 bits per heavy atom. The van der Waals surface area contributed by atoms with E-state index in [0.29, 0.717) is 25.9 Å². The summed E-state index contributed by atoms with van der Waals surface area (Å²) in [6, 6.07) is 6.40. The fourth-order valence-electron chi connectivity index (χ4n) is 2.75. The lowest BCUT2D eigenvalue weighted by molar-refractivity contribution is -0.134.